The minimum Gasteiger partial charge on any atom is -0.339 e. The Morgan fingerprint density at radius 3 is 2.33 bits per heavy atom. The molecule has 24 heavy (non-hydrogen) atoms. The molecule has 0 aliphatic carbocycles. The Kier molecular flexibility index (Phi) is 6.75. The maximum Gasteiger partial charge on any atom is 0.255 e. The SMILES string of the molecule is Cl.O=C(c1ccc(Cl)cc1Cl)N1CCN(C(=O)C2CCNC2)CC1. The second-order valence-electron chi connectivity index (χ2n) is 5.93. The average Bonchev–Trinajstić information content (AvgIpc) is 3.08. The van der Waals surface area contributed by atoms with Gasteiger partial charge < -0.3 is 15.1 Å². The fourth-order valence-corrected chi connectivity index (χ4v) is 3.58. The van der Waals surface area contributed by atoms with Crippen LogP contribution in [0.4, 0.5) is 0 Å². The Hall–Kier alpha value is -1.01. The zero-order valence-corrected chi connectivity index (χ0v) is 15.5. The topological polar surface area (TPSA) is 52.7 Å². The van der Waals surface area contributed by atoms with E-state index in [0.717, 1.165) is 19.5 Å². The van der Waals surface area contributed by atoms with E-state index in [-0.39, 0.29) is 30.1 Å². The van der Waals surface area contributed by atoms with E-state index < -0.39 is 0 Å². The van der Waals surface area contributed by atoms with E-state index in [1.807, 2.05) is 4.90 Å². The molecule has 0 aromatic heterocycles. The van der Waals surface area contributed by atoms with Crippen LogP contribution in [0.2, 0.25) is 10.0 Å². The summed E-state index contributed by atoms with van der Waals surface area (Å²) in [6.45, 7) is 3.88. The largest absolute Gasteiger partial charge is 0.339 e. The van der Waals surface area contributed by atoms with Crippen LogP contribution in [0, 0.1) is 5.92 Å². The summed E-state index contributed by atoms with van der Waals surface area (Å²) in [4.78, 5) is 28.5. The van der Waals surface area contributed by atoms with Gasteiger partial charge in [-0.3, -0.25) is 9.59 Å². The van der Waals surface area contributed by atoms with Gasteiger partial charge in [0.2, 0.25) is 5.91 Å². The minimum absolute atomic E-state index is 0. The molecule has 2 aliphatic rings. The van der Waals surface area contributed by atoms with Crippen molar-refractivity contribution in [2.45, 2.75) is 6.42 Å². The second-order valence-corrected chi connectivity index (χ2v) is 6.78. The quantitative estimate of drug-likeness (QED) is 0.840. The van der Waals surface area contributed by atoms with Crippen molar-refractivity contribution < 1.29 is 9.59 Å². The van der Waals surface area contributed by atoms with Gasteiger partial charge in [0.15, 0.2) is 0 Å². The normalized spacial score (nSPS) is 20.7. The van der Waals surface area contributed by atoms with Gasteiger partial charge in [0, 0.05) is 37.7 Å². The number of rotatable bonds is 2. The van der Waals surface area contributed by atoms with Crippen molar-refractivity contribution in [2.24, 2.45) is 5.92 Å². The number of nitrogens with zero attached hydrogens (tertiary/aromatic N) is 2. The van der Waals surface area contributed by atoms with Gasteiger partial charge >= 0.3 is 0 Å². The van der Waals surface area contributed by atoms with E-state index in [1.165, 1.54) is 0 Å². The highest BCUT2D eigenvalue weighted by molar-refractivity contribution is 6.36. The second kappa shape index (κ2) is 8.39. The van der Waals surface area contributed by atoms with Crippen LogP contribution in [0.3, 0.4) is 0 Å². The summed E-state index contributed by atoms with van der Waals surface area (Å²) in [6, 6.07) is 4.88. The number of amides is 2. The Bertz CT molecular complexity index is 613. The molecular formula is C16H20Cl3N3O2. The lowest BCUT2D eigenvalue weighted by atomic mass is 10.1. The van der Waals surface area contributed by atoms with Gasteiger partial charge in [0.05, 0.1) is 16.5 Å². The third kappa shape index (κ3) is 4.14. The van der Waals surface area contributed by atoms with Crippen molar-refractivity contribution in [3.8, 4) is 0 Å². The van der Waals surface area contributed by atoms with Crippen LogP contribution in [0.15, 0.2) is 18.2 Å². The zero-order chi connectivity index (χ0) is 16.4. The molecule has 0 saturated carbocycles. The average molecular weight is 393 g/mol. The molecule has 132 valence electrons. The fourth-order valence-electron chi connectivity index (χ4n) is 3.09. The number of carbonyl (C=O) groups excluding carboxylic acids is 2. The summed E-state index contributed by atoms with van der Waals surface area (Å²) in [6.07, 6.45) is 0.901. The molecule has 2 aliphatic heterocycles. The smallest absolute Gasteiger partial charge is 0.255 e. The molecule has 2 amide bonds. The summed E-state index contributed by atoms with van der Waals surface area (Å²) in [5, 5.41) is 4.08. The summed E-state index contributed by atoms with van der Waals surface area (Å²) >= 11 is 12.0. The van der Waals surface area contributed by atoms with Gasteiger partial charge in [-0.25, -0.2) is 0 Å². The molecule has 3 rings (SSSR count). The standard InChI is InChI=1S/C16H19Cl2N3O2.ClH/c17-12-1-2-13(14(18)9-12)16(23)21-7-5-20(6-8-21)15(22)11-3-4-19-10-11;/h1-2,9,11,19H,3-8,10H2;1H. The molecule has 0 spiro atoms. The van der Waals surface area contributed by atoms with Crippen LogP contribution in [0.1, 0.15) is 16.8 Å². The number of carbonyl (C=O) groups is 2. The van der Waals surface area contributed by atoms with E-state index in [9.17, 15) is 9.59 Å². The van der Waals surface area contributed by atoms with Crippen molar-refractivity contribution in [1.29, 1.82) is 0 Å². The van der Waals surface area contributed by atoms with Crippen LogP contribution in [0.25, 0.3) is 0 Å². The highest BCUT2D eigenvalue weighted by Crippen LogP contribution is 2.23. The fraction of sp³-hybridized carbons (Fsp3) is 0.500. The maximum absolute atomic E-state index is 12.5. The molecule has 1 N–H and O–H groups in total. The first kappa shape index (κ1) is 19.3. The van der Waals surface area contributed by atoms with Gasteiger partial charge in [0.25, 0.3) is 5.91 Å². The van der Waals surface area contributed by atoms with Crippen LogP contribution < -0.4 is 5.32 Å². The van der Waals surface area contributed by atoms with Crippen molar-refractivity contribution in [3.63, 3.8) is 0 Å². The third-order valence-electron chi connectivity index (χ3n) is 4.45. The molecule has 1 aromatic carbocycles. The number of halogens is 3. The predicted molar refractivity (Wildman–Crippen MR) is 97.2 cm³/mol. The monoisotopic (exact) mass is 391 g/mol. The molecule has 0 radical (unpaired) electrons. The number of hydrogen-bond acceptors (Lipinski definition) is 3. The molecule has 1 atom stereocenters. The number of benzene rings is 1. The molecular weight excluding hydrogens is 373 g/mol. The van der Waals surface area contributed by atoms with Gasteiger partial charge in [-0.2, -0.15) is 0 Å². The first-order valence-electron chi connectivity index (χ1n) is 7.80. The van der Waals surface area contributed by atoms with Crippen LogP contribution in [0.5, 0.6) is 0 Å². The summed E-state index contributed by atoms with van der Waals surface area (Å²) in [5.41, 5.74) is 0.454. The maximum atomic E-state index is 12.5. The van der Waals surface area contributed by atoms with E-state index >= 15 is 0 Å². The first-order valence-corrected chi connectivity index (χ1v) is 8.55. The van der Waals surface area contributed by atoms with Gasteiger partial charge in [-0.1, -0.05) is 23.2 Å². The Morgan fingerprint density at radius 1 is 1.08 bits per heavy atom. The molecule has 8 heteroatoms. The van der Waals surface area contributed by atoms with Crippen molar-refractivity contribution in [3.05, 3.63) is 33.8 Å². The lowest BCUT2D eigenvalue weighted by molar-refractivity contribution is -0.136. The molecule has 5 nitrogen and oxygen atoms in total. The van der Waals surface area contributed by atoms with Gasteiger partial charge in [0.1, 0.15) is 0 Å². The first-order chi connectivity index (χ1) is 11.1. The summed E-state index contributed by atoms with van der Waals surface area (Å²) < 4.78 is 0. The predicted octanol–water partition coefficient (Wildman–Crippen LogP) is 2.31. The van der Waals surface area contributed by atoms with Crippen molar-refractivity contribution in [1.82, 2.24) is 15.1 Å². The minimum atomic E-state index is -0.110. The summed E-state index contributed by atoms with van der Waals surface area (Å²) in [5.74, 6) is 0.177. The van der Waals surface area contributed by atoms with Crippen molar-refractivity contribution in [2.75, 3.05) is 39.3 Å². The molecule has 2 fully saturated rings. The highest BCUT2D eigenvalue weighted by Gasteiger charge is 2.31. The zero-order valence-electron chi connectivity index (χ0n) is 13.1. The van der Waals surface area contributed by atoms with E-state index in [4.69, 9.17) is 23.2 Å². The Balaban J connectivity index is 0.00000208. The van der Waals surface area contributed by atoms with E-state index in [2.05, 4.69) is 5.32 Å². The molecule has 1 aromatic rings. The lowest BCUT2D eigenvalue weighted by Gasteiger charge is -2.36. The number of nitrogens with one attached hydrogen (secondary N) is 1. The number of piperazine rings is 1. The molecule has 1 unspecified atom stereocenters. The summed E-state index contributed by atoms with van der Waals surface area (Å²) in [7, 11) is 0. The van der Waals surface area contributed by atoms with Gasteiger partial charge in [-0.15, -0.1) is 12.4 Å². The molecule has 2 saturated heterocycles. The van der Waals surface area contributed by atoms with Crippen LogP contribution in [-0.4, -0.2) is 60.9 Å². The van der Waals surface area contributed by atoms with Crippen molar-refractivity contribution >= 4 is 47.4 Å². The van der Waals surface area contributed by atoms with Gasteiger partial charge in [-0.05, 0) is 31.2 Å². The highest BCUT2D eigenvalue weighted by atomic mass is 35.5. The van der Waals surface area contributed by atoms with Crippen LogP contribution >= 0.6 is 35.6 Å². The van der Waals surface area contributed by atoms with E-state index in [1.54, 1.807) is 23.1 Å². The Labute approximate surface area is 157 Å². The van der Waals surface area contributed by atoms with E-state index in [0.29, 0.717) is 41.8 Å². The third-order valence-corrected chi connectivity index (χ3v) is 5.00. The molecule has 2 heterocycles. The lowest BCUT2D eigenvalue weighted by Crippen LogP contribution is -2.52. The van der Waals surface area contributed by atoms with Crippen LogP contribution in [-0.2, 0) is 4.79 Å². The Morgan fingerprint density at radius 2 is 1.75 bits per heavy atom. The molecule has 0 bridgehead atoms. The number of hydrogen-bond donors (Lipinski definition) is 1.